The van der Waals surface area contributed by atoms with E-state index < -0.39 is 17.8 Å². The van der Waals surface area contributed by atoms with Crippen molar-refractivity contribution in [1.29, 1.82) is 0 Å². The van der Waals surface area contributed by atoms with Crippen LogP contribution in [-0.2, 0) is 16.2 Å². The van der Waals surface area contributed by atoms with Crippen molar-refractivity contribution in [3.8, 4) is 5.75 Å². The fourth-order valence-electron chi connectivity index (χ4n) is 3.19. The van der Waals surface area contributed by atoms with Crippen LogP contribution in [0.5, 0.6) is 5.75 Å². The number of rotatable bonds is 5. The van der Waals surface area contributed by atoms with Gasteiger partial charge in [0.2, 0.25) is 0 Å². The smallest absolute Gasteiger partial charge is 0.335 e. The summed E-state index contributed by atoms with van der Waals surface area (Å²) in [7, 11) is 0. The van der Waals surface area contributed by atoms with Crippen LogP contribution in [-0.4, -0.2) is 17.8 Å². The first-order valence-electron chi connectivity index (χ1n) is 9.76. The largest absolute Gasteiger partial charge is 0.488 e. The van der Waals surface area contributed by atoms with Gasteiger partial charge in [-0.1, -0.05) is 56.8 Å². The van der Waals surface area contributed by atoms with Gasteiger partial charge in [0.05, 0.1) is 15.7 Å². The zero-order valence-corrected chi connectivity index (χ0v) is 21.0. The number of halogens is 4. The average Bonchev–Trinajstić information content (AvgIpc) is 2.79. The van der Waals surface area contributed by atoms with Gasteiger partial charge in [0, 0.05) is 15.1 Å². The molecule has 6 nitrogen and oxygen atoms in total. The zero-order valence-electron chi connectivity index (χ0n) is 17.2. The minimum absolute atomic E-state index is 0.151. The van der Waals surface area contributed by atoms with Crippen molar-refractivity contribution in [2.45, 2.75) is 6.61 Å². The number of nitrogens with one attached hydrogen (secondary N) is 1. The lowest BCUT2D eigenvalue weighted by molar-refractivity contribution is -0.122. The number of amides is 4. The molecule has 1 heterocycles. The van der Waals surface area contributed by atoms with Gasteiger partial charge < -0.3 is 4.74 Å². The van der Waals surface area contributed by atoms with E-state index >= 15 is 0 Å². The molecule has 1 aliphatic rings. The third-order valence-corrected chi connectivity index (χ3v) is 6.34. The number of imide groups is 2. The third kappa shape index (κ3) is 5.28. The number of ether oxygens (including phenoxy) is 1. The summed E-state index contributed by atoms with van der Waals surface area (Å²) in [5.41, 5.74) is 1.22. The Morgan fingerprint density at radius 1 is 0.912 bits per heavy atom. The van der Waals surface area contributed by atoms with Gasteiger partial charge in [0.1, 0.15) is 17.9 Å². The van der Waals surface area contributed by atoms with Crippen LogP contribution in [0.3, 0.4) is 0 Å². The number of benzene rings is 3. The molecule has 0 spiro atoms. The van der Waals surface area contributed by atoms with Gasteiger partial charge in [0.25, 0.3) is 11.8 Å². The Hall–Kier alpha value is -2.84. The summed E-state index contributed by atoms with van der Waals surface area (Å²) in [5, 5.41) is 3.38. The third-order valence-electron chi connectivity index (χ3n) is 4.84. The summed E-state index contributed by atoms with van der Waals surface area (Å²) < 4.78 is 6.67. The van der Waals surface area contributed by atoms with Crippen molar-refractivity contribution >= 4 is 80.3 Å². The van der Waals surface area contributed by atoms with Crippen LogP contribution >= 0.6 is 50.7 Å². The first kappa shape index (κ1) is 24.3. The fourth-order valence-corrected chi connectivity index (χ4v) is 3.96. The Labute approximate surface area is 218 Å². The predicted octanol–water partition coefficient (Wildman–Crippen LogP) is 6.65. The maximum atomic E-state index is 13.1. The molecule has 0 aliphatic carbocycles. The van der Waals surface area contributed by atoms with Gasteiger partial charge in [-0.3, -0.25) is 14.9 Å². The Morgan fingerprint density at radius 2 is 1.65 bits per heavy atom. The van der Waals surface area contributed by atoms with E-state index in [-0.39, 0.29) is 12.2 Å². The second-order valence-corrected chi connectivity index (χ2v) is 9.32. The number of hydrogen-bond acceptors (Lipinski definition) is 4. The quantitative estimate of drug-likeness (QED) is 0.271. The second-order valence-electron chi connectivity index (χ2n) is 7.15. The molecule has 1 fully saturated rings. The first-order valence-corrected chi connectivity index (χ1v) is 11.7. The Bertz CT molecular complexity index is 1340. The Balaban J connectivity index is 1.66. The second kappa shape index (κ2) is 10.2. The van der Waals surface area contributed by atoms with E-state index in [0.29, 0.717) is 32.1 Å². The number of hydrogen-bond donors (Lipinski definition) is 1. The summed E-state index contributed by atoms with van der Waals surface area (Å²) in [6.07, 6.45) is 1.34. The van der Waals surface area contributed by atoms with Crippen molar-refractivity contribution < 1.29 is 19.1 Å². The van der Waals surface area contributed by atoms with Crippen molar-refractivity contribution in [2.75, 3.05) is 4.90 Å². The number of urea groups is 1. The highest BCUT2D eigenvalue weighted by molar-refractivity contribution is 9.10. The van der Waals surface area contributed by atoms with E-state index in [4.69, 9.17) is 39.5 Å². The molecule has 34 heavy (non-hydrogen) atoms. The topological polar surface area (TPSA) is 75.7 Å². The minimum atomic E-state index is -0.836. The summed E-state index contributed by atoms with van der Waals surface area (Å²) >= 11 is 21.5. The molecule has 0 atom stereocenters. The van der Waals surface area contributed by atoms with Crippen LogP contribution in [0.2, 0.25) is 15.1 Å². The highest BCUT2D eigenvalue weighted by atomic mass is 79.9. The molecule has 1 saturated heterocycles. The fraction of sp³-hybridized carbons (Fsp3) is 0.0417. The lowest BCUT2D eigenvalue weighted by Gasteiger charge is -2.26. The summed E-state index contributed by atoms with van der Waals surface area (Å²) in [6.45, 7) is 0.151. The van der Waals surface area contributed by atoms with E-state index in [0.717, 1.165) is 14.9 Å². The number of carbonyl (C=O) groups excluding carboxylic acids is 3. The standard InChI is InChI=1S/C24H14BrCl3N2O4/c25-15-2-5-17(6-3-15)30-23(32)18(22(31)29-24(30)33)11-14-10-16(26)4-8-21(14)34-12-13-1-7-19(27)20(28)9-13/h1-11H,12H2,(H,29,31,33)/b18-11+. The minimum Gasteiger partial charge on any atom is -0.488 e. The lowest BCUT2D eigenvalue weighted by Crippen LogP contribution is -2.54. The van der Waals surface area contributed by atoms with Gasteiger partial charge in [-0.25, -0.2) is 9.69 Å². The average molecular weight is 581 g/mol. The van der Waals surface area contributed by atoms with Crippen LogP contribution in [0.15, 0.2) is 70.7 Å². The summed E-state index contributed by atoms with van der Waals surface area (Å²) in [5.74, 6) is -1.22. The zero-order chi connectivity index (χ0) is 24.4. The van der Waals surface area contributed by atoms with E-state index in [9.17, 15) is 14.4 Å². The predicted molar refractivity (Wildman–Crippen MR) is 135 cm³/mol. The van der Waals surface area contributed by atoms with Crippen LogP contribution in [0.1, 0.15) is 11.1 Å². The molecule has 1 N–H and O–H groups in total. The molecule has 1 aliphatic heterocycles. The van der Waals surface area contributed by atoms with Crippen LogP contribution in [0, 0.1) is 0 Å². The number of carbonyl (C=O) groups is 3. The van der Waals surface area contributed by atoms with Crippen LogP contribution in [0.4, 0.5) is 10.5 Å². The normalized spacial score (nSPS) is 15.0. The van der Waals surface area contributed by atoms with Crippen LogP contribution in [0.25, 0.3) is 6.08 Å². The van der Waals surface area contributed by atoms with Gasteiger partial charge in [-0.05, 0) is 66.2 Å². The highest BCUT2D eigenvalue weighted by Gasteiger charge is 2.37. The van der Waals surface area contributed by atoms with Crippen molar-refractivity contribution in [3.63, 3.8) is 0 Å². The molecule has 4 rings (SSSR count). The summed E-state index contributed by atoms with van der Waals surface area (Å²) in [4.78, 5) is 39.0. The highest BCUT2D eigenvalue weighted by Crippen LogP contribution is 2.30. The molecule has 3 aromatic carbocycles. The molecule has 3 aromatic rings. The summed E-state index contributed by atoms with van der Waals surface area (Å²) in [6, 6.07) is 15.6. The maximum Gasteiger partial charge on any atom is 0.335 e. The molecule has 4 amide bonds. The van der Waals surface area contributed by atoms with E-state index in [1.165, 1.54) is 6.08 Å². The molecule has 172 valence electrons. The van der Waals surface area contributed by atoms with Crippen molar-refractivity contribution in [1.82, 2.24) is 5.32 Å². The number of nitrogens with zero attached hydrogens (tertiary/aromatic N) is 1. The maximum absolute atomic E-state index is 13.1. The molecule has 0 bridgehead atoms. The molecular formula is C24H14BrCl3N2O4. The van der Waals surface area contributed by atoms with Gasteiger partial charge in [-0.2, -0.15) is 0 Å². The molecular weight excluding hydrogens is 567 g/mol. The monoisotopic (exact) mass is 578 g/mol. The van der Waals surface area contributed by atoms with E-state index in [2.05, 4.69) is 21.2 Å². The van der Waals surface area contributed by atoms with Crippen molar-refractivity contribution in [3.05, 3.63) is 96.9 Å². The molecule has 0 radical (unpaired) electrons. The Kier molecular flexibility index (Phi) is 7.28. The molecule has 0 aromatic heterocycles. The molecule has 0 unspecified atom stereocenters. The van der Waals surface area contributed by atoms with E-state index in [1.807, 2.05) is 0 Å². The SMILES string of the molecule is O=C1NC(=O)N(c2ccc(Br)cc2)C(=O)/C1=C/c1cc(Cl)ccc1OCc1ccc(Cl)c(Cl)c1. The number of barbiturate groups is 1. The van der Waals surface area contributed by atoms with Crippen molar-refractivity contribution in [2.24, 2.45) is 0 Å². The lowest BCUT2D eigenvalue weighted by atomic mass is 10.1. The van der Waals surface area contributed by atoms with Gasteiger partial charge >= 0.3 is 6.03 Å². The van der Waals surface area contributed by atoms with Gasteiger partial charge in [-0.15, -0.1) is 0 Å². The Morgan fingerprint density at radius 3 is 2.35 bits per heavy atom. The van der Waals surface area contributed by atoms with Gasteiger partial charge in [0.15, 0.2) is 0 Å². The first-order chi connectivity index (χ1) is 16.2. The van der Waals surface area contributed by atoms with E-state index in [1.54, 1.807) is 60.7 Å². The molecule has 0 saturated carbocycles. The molecule has 10 heteroatoms. The number of anilines is 1. The van der Waals surface area contributed by atoms with Crippen LogP contribution < -0.4 is 15.0 Å².